The number of aryl methyl sites for hydroxylation is 1. The van der Waals surface area contributed by atoms with Crippen LogP contribution in [0.4, 0.5) is 5.69 Å². The Balaban J connectivity index is 1.78. The van der Waals surface area contributed by atoms with Crippen LogP contribution in [0.15, 0.2) is 60.0 Å². The summed E-state index contributed by atoms with van der Waals surface area (Å²) in [7, 11) is -3.59. The van der Waals surface area contributed by atoms with Gasteiger partial charge in [-0.2, -0.15) is 4.31 Å². The summed E-state index contributed by atoms with van der Waals surface area (Å²) >= 11 is 0. The van der Waals surface area contributed by atoms with Crippen LogP contribution in [0.1, 0.15) is 35.2 Å². The second-order valence-corrected chi connectivity index (χ2v) is 8.96. The molecule has 0 aromatic heterocycles. The van der Waals surface area contributed by atoms with Crippen LogP contribution in [0.3, 0.4) is 0 Å². The third kappa shape index (κ3) is 5.05. The lowest BCUT2D eigenvalue weighted by Crippen LogP contribution is -2.35. The van der Waals surface area contributed by atoms with Crippen molar-refractivity contribution in [2.24, 2.45) is 0 Å². The van der Waals surface area contributed by atoms with E-state index in [-0.39, 0.29) is 10.8 Å². The highest BCUT2D eigenvalue weighted by atomic mass is 32.2. The Bertz CT molecular complexity index is 978. The van der Waals surface area contributed by atoms with Gasteiger partial charge in [0.2, 0.25) is 10.0 Å². The fourth-order valence-electron chi connectivity index (χ4n) is 3.25. The molecule has 2 aromatic rings. The van der Waals surface area contributed by atoms with Crippen LogP contribution in [0.2, 0.25) is 0 Å². The molecule has 2 aromatic carbocycles. The molecule has 154 valence electrons. The number of hydrogen-bond acceptors (Lipinski definition) is 4. The molecule has 29 heavy (non-hydrogen) atoms. The predicted octanol–water partition coefficient (Wildman–Crippen LogP) is 3.99. The van der Waals surface area contributed by atoms with Crippen molar-refractivity contribution in [1.82, 2.24) is 4.31 Å². The second-order valence-electron chi connectivity index (χ2n) is 7.02. The summed E-state index contributed by atoms with van der Waals surface area (Å²) in [6.45, 7) is 6.85. The quantitative estimate of drug-likeness (QED) is 0.695. The van der Waals surface area contributed by atoms with Gasteiger partial charge in [0.05, 0.1) is 4.90 Å². The van der Waals surface area contributed by atoms with Crippen molar-refractivity contribution in [2.45, 2.75) is 31.1 Å². The Labute approximate surface area is 172 Å². The maximum absolute atomic E-state index is 12.9. The van der Waals surface area contributed by atoms with E-state index < -0.39 is 10.0 Å². The van der Waals surface area contributed by atoms with Gasteiger partial charge in [0.15, 0.2) is 0 Å². The molecule has 3 rings (SSSR count). The minimum atomic E-state index is -3.59. The molecule has 0 saturated carbocycles. The van der Waals surface area contributed by atoms with Gasteiger partial charge in [0, 0.05) is 24.3 Å². The summed E-state index contributed by atoms with van der Waals surface area (Å²) in [4.78, 5) is 12.9. The predicted molar refractivity (Wildman–Crippen MR) is 114 cm³/mol. The molecular formula is C22H26N2O4S. The van der Waals surface area contributed by atoms with Crippen LogP contribution in [0, 0.1) is 6.92 Å². The minimum absolute atomic E-state index is 0.156. The molecule has 1 heterocycles. The van der Waals surface area contributed by atoms with E-state index in [4.69, 9.17) is 4.74 Å². The Hall–Kier alpha value is -2.64. The summed E-state index contributed by atoms with van der Waals surface area (Å²) in [6.07, 6.45) is 4.43. The number of carbonyl (C=O) groups excluding carboxylic acids is 1. The first kappa shape index (κ1) is 21.1. The molecule has 0 unspecified atom stereocenters. The van der Waals surface area contributed by atoms with E-state index in [1.54, 1.807) is 49.4 Å². The highest BCUT2D eigenvalue weighted by molar-refractivity contribution is 7.89. The average Bonchev–Trinajstić information content (AvgIpc) is 2.74. The van der Waals surface area contributed by atoms with Crippen molar-refractivity contribution in [2.75, 3.05) is 25.0 Å². The summed E-state index contributed by atoms with van der Waals surface area (Å²) in [5.41, 5.74) is 1.66. The van der Waals surface area contributed by atoms with Gasteiger partial charge in [-0.25, -0.2) is 8.42 Å². The Kier molecular flexibility index (Phi) is 6.71. The number of sulfonamides is 1. The summed E-state index contributed by atoms with van der Waals surface area (Å²) in [6, 6.07) is 11.7. The van der Waals surface area contributed by atoms with Crippen LogP contribution in [0.5, 0.6) is 5.75 Å². The highest BCUT2D eigenvalue weighted by Crippen LogP contribution is 2.24. The lowest BCUT2D eigenvalue weighted by molar-refractivity contribution is 0.102. The Morgan fingerprint density at radius 3 is 2.48 bits per heavy atom. The molecule has 1 saturated heterocycles. The molecule has 0 bridgehead atoms. The zero-order valence-corrected chi connectivity index (χ0v) is 17.4. The number of amides is 1. The summed E-state index contributed by atoms with van der Waals surface area (Å²) < 4.78 is 32.8. The van der Waals surface area contributed by atoms with Crippen molar-refractivity contribution >= 4 is 21.6 Å². The van der Waals surface area contributed by atoms with Crippen LogP contribution >= 0.6 is 0 Å². The van der Waals surface area contributed by atoms with Crippen molar-refractivity contribution in [1.29, 1.82) is 0 Å². The third-order valence-electron chi connectivity index (χ3n) is 4.89. The van der Waals surface area contributed by atoms with E-state index in [1.165, 1.54) is 10.4 Å². The molecule has 6 nitrogen and oxygen atoms in total. The first-order chi connectivity index (χ1) is 13.9. The second kappa shape index (κ2) is 9.24. The van der Waals surface area contributed by atoms with Gasteiger partial charge >= 0.3 is 0 Å². The van der Waals surface area contributed by atoms with E-state index in [0.717, 1.165) is 19.3 Å². The maximum atomic E-state index is 12.9. The lowest BCUT2D eigenvalue weighted by Gasteiger charge is -2.26. The van der Waals surface area contributed by atoms with E-state index in [9.17, 15) is 13.2 Å². The minimum Gasteiger partial charge on any atom is -0.490 e. The smallest absolute Gasteiger partial charge is 0.255 e. The monoisotopic (exact) mass is 414 g/mol. The normalized spacial score (nSPS) is 14.9. The number of carbonyl (C=O) groups is 1. The fourth-order valence-corrected chi connectivity index (χ4v) is 4.79. The van der Waals surface area contributed by atoms with E-state index in [1.807, 2.05) is 0 Å². The molecule has 0 aliphatic carbocycles. The number of nitrogens with one attached hydrogen (secondary N) is 1. The Morgan fingerprint density at radius 2 is 1.83 bits per heavy atom. The van der Waals surface area contributed by atoms with Gasteiger partial charge in [-0.3, -0.25) is 4.79 Å². The molecule has 1 aliphatic rings. The molecular weight excluding hydrogens is 388 g/mol. The van der Waals surface area contributed by atoms with E-state index in [2.05, 4.69) is 11.9 Å². The molecule has 1 fully saturated rings. The standard InChI is InChI=1S/C22H26N2O4S/c1-3-15-28-19-10-8-18(9-11-19)23-22(25)21-16-20(12-7-17(21)2)29(26,27)24-13-5-4-6-14-24/h3,7-12,16H,1,4-6,13-15H2,2H3,(H,23,25). The summed E-state index contributed by atoms with van der Waals surface area (Å²) in [5, 5.41) is 2.82. The van der Waals surface area contributed by atoms with Crippen LogP contribution in [-0.4, -0.2) is 38.3 Å². The molecule has 0 atom stereocenters. The van der Waals surface area contributed by atoms with Crippen molar-refractivity contribution < 1.29 is 17.9 Å². The molecule has 1 N–H and O–H groups in total. The molecule has 1 amide bonds. The SMILES string of the molecule is C=CCOc1ccc(NC(=O)c2cc(S(=O)(=O)N3CCCCC3)ccc2C)cc1. The first-order valence-electron chi connectivity index (χ1n) is 9.68. The topological polar surface area (TPSA) is 75.7 Å². The van der Waals surface area contributed by atoms with Crippen LogP contribution in [0.25, 0.3) is 0 Å². The van der Waals surface area contributed by atoms with E-state index in [0.29, 0.717) is 42.3 Å². The molecule has 0 spiro atoms. The first-order valence-corrected chi connectivity index (χ1v) is 11.1. The lowest BCUT2D eigenvalue weighted by atomic mass is 10.1. The summed E-state index contributed by atoms with van der Waals surface area (Å²) in [5.74, 6) is 0.326. The Morgan fingerprint density at radius 1 is 1.14 bits per heavy atom. The zero-order valence-electron chi connectivity index (χ0n) is 16.6. The number of ether oxygens (including phenoxy) is 1. The van der Waals surface area contributed by atoms with Gasteiger partial charge in [-0.1, -0.05) is 25.1 Å². The third-order valence-corrected chi connectivity index (χ3v) is 6.78. The maximum Gasteiger partial charge on any atom is 0.255 e. The van der Waals surface area contributed by atoms with Crippen molar-refractivity contribution in [3.8, 4) is 5.75 Å². The van der Waals surface area contributed by atoms with Crippen LogP contribution in [-0.2, 0) is 10.0 Å². The van der Waals surface area contributed by atoms with Gasteiger partial charge < -0.3 is 10.1 Å². The molecule has 0 radical (unpaired) electrons. The van der Waals surface area contributed by atoms with Crippen molar-refractivity contribution in [3.05, 3.63) is 66.2 Å². The largest absolute Gasteiger partial charge is 0.490 e. The zero-order chi connectivity index (χ0) is 20.9. The number of piperidine rings is 1. The number of anilines is 1. The van der Waals surface area contributed by atoms with Crippen LogP contribution < -0.4 is 10.1 Å². The van der Waals surface area contributed by atoms with Gasteiger partial charge in [0.25, 0.3) is 5.91 Å². The number of hydrogen-bond donors (Lipinski definition) is 1. The number of nitrogens with zero attached hydrogens (tertiary/aromatic N) is 1. The fraction of sp³-hybridized carbons (Fsp3) is 0.318. The molecule has 7 heteroatoms. The molecule has 1 aliphatic heterocycles. The average molecular weight is 415 g/mol. The van der Waals surface area contributed by atoms with E-state index >= 15 is 0 Å². The number of rotatable bonds is 7. The van der Waals surface area contributed by atoms with Gasteiger partial charge in [-0.05, 0) is 61.7 Å². The van der Waals surface area contributed by atoms with Gasteiger partial charge in [-0.15, -0.1) is 0 Å². The highest BCUT2D eigenvalue weighted by Gasteiger charge is 2.27. The van der Waals surface area contributed by atoms with Gasteiger partial charge in [0.1, 0.15) is 12.4 Å². The van der Waals surface area contributed by atoms with Crippen molar-refractivity contribution in [3.63, 3.8) is 0 Å². The number of benzene rings is 2.